The van der Waals surface area contributed by atoms with E-state index in [2.05, 4.69) is 5.10 Å². The van der Waals surface area contributed by atoms with Gasteiger partial charge >= 0.3 is 0 Å². The molecule has 0 bridgehead atoms. The maximum absolute atomic E-state index is 12.1. The molecule has 5 nitrogen and oxygen atoms in total. The molecule has 0 aliphatic carbocycles. The van der Waals surface area contributed by atoms with Gasteiger partial charge in [0.15, 0.2) is 9.84 Å². The first-order valence-corrected chi connectivity index (χ1v) is 7.15. The van der Waals surface area contributed by atoms with Gasteiger partial charge in [-0.25, -0.2) is 8.42 Å². The van der Waals surface area contributed by atoms with E-state index >= 15 is 0 Å². The minimum absolute atomic E-state index is 0.177. The van der Waals surface area contributed by atoms with Gasteiger partial charge in [0.25, 0.3) is 5.56 Å². The van der Waals surface area contributed by atoms with Gasteiger partial charge in [0.05, 0.1) is 16.3 Å². The lowest BCUT2D eigenvalue weighted by molar-refractivity contribution is 0.594. The fourth-order valence-corrected chi connectivity index (χ4v) is 2.95. The van der Waals surface area contributed by atoms with E-state index in [1.54, 1.807) is 0 Å². The van der Waals surface area contributed by atoms with E-state index in [4.69, 9.17) is 11.6 Å². The van der Waals surface area contributed by atoms with E-state index in [1.807, 2.05) is 0 Å². The molecule has 96 valence electrons. The van der Waals surface area contributed by atoms with Crippen molar-refractivity contribution in [2.75, 3.05) is 0 Å². The van der Waals surface area contributed by atoms with Crippen LogP contribution in [0.25, 0.3) is 0 Å². The van der Waals surface area contributed by atoms with E-state index in [1.165, 1.54) is 42.1 Å². The molecule has 0 saturated heterocycles. The predicted octanol–water partition coefficient (Wildman–Crippen LogP) is 1.34. The van der Waals surface area contributed by atoms with Gasteiger partial charge in [-0.05, 0) is 24.3 Å². The Morgan fingerprint density at radius 3 is 2.39 bits per heavy atom. The van der Waals surface area contributed by atoms with Crippen LogP contribution in [0, 0.1) is 0 Å². The standard InChI is InChI=1S/C11H11ClN2O3S/c1-14-11(15)6-9(13-14)7-18(16,17)10-4-2-8(12)3-5-10/h2-6,13H,7H2,1H3. The van der Waals surface area contributed by atoms with Crippen LogP contribution >= 0.6 is 11.6 Å². The van der Waals surface area contributed by atoms with Crippen LogP contribution in [0.5, 0.6) is 0 Å². The van der Waals surface area contributed by atoms with E-state index in [9.17, 15) is 13.2 Å². The van der Waals surface area contributed by atoms with Gasteiger partial charge < -0.3 is 0 Å². The summed E-state index contributed by atoms with van der Waals surface area (Å²) < 4.78 is 25.3. The highest BCUT2D eigenvalue weighted by Gasteiger charge is 2.16. The van der Waals surface area contributed by atoms with Crippen LogP contribution in [0.1, 0.15) is 5.69 Å². The summed E-state index contributed by atoms with van der Waals surface area (Å²) in [6.45, 7) is 0. The van der Waals surface area contributed by atoms with Gasteiger partial charge in [-0.15, -0.1) is 0 Å². The van der Waals surface area contributed by atoms with Crippen LogP contribution in [-0.2, 0) is 22.6 Å². The highest BCUT2D eigenvalue weighted by atomic mass is 35.5. The summed E-state index contributed by atoms with van der Waals surface area (Å²) in [7, 11) is -1.95. The van der Waals surface area contributed by atoms with Crippen LogP contribution in [-0.4, -0.2) is 18.2 Å². The summed E-state index contributed by atoms with van der Waals surface area (Å²) in [5, 5.41) is 3.15. The number of hydrogen-bond donors (Lipinski definition) is 1. The minimum Gasteiger partial charge on any atom is -0.299 e. The molecule has 0 amide bonds. The van der Waals surface area contributed by atoms with Crippen molar-refractivity contribution >= 4 is 21.4 Å². The zero-order chi connectivity index (χ0) is 13.3. The smallest absolute Gasteiger partial charge is 0.266 e. The number of nitrogens with zero attached hydrogens (tertiary/aromatic N) is 1. The number of aryl methyl sites for hydroxylation is 1. The van der Waals surface area contributed by atoms with Crippen molar-refractivity contribution in [2.24, 2.45) is 7.05 Å². The van der Waals surface area contributed by atoms with E-state index in [0.29, 0.717) is 10.7 Å². The zero-order valence-electron chi connectivity index (χ0n) is 9.55. The number of nitrogens with one attached hydrogen (secondary N) is 1. The van der Waals surface area contributed by atoms with Crippen molar-refractivity contribution in [1.29, 1.82) is 0 Å². The molecule has 1 aromatic carbocycles. The van der Waals surface area contributed by atoms with Gasteiger partial charge in [-0.1, -0.05) is 11.6 Å². The summed E-state index contributed by atoms with van der Waals surface area (Å²) in [5.74, 6) is -0.245. The maximum Gasteiger partial charge on any atom is 0.266 e. The van der Waals surface area contributed by atoms with Crippen molar-refractivity contribution < 1.29 is 8.42 Å². The summed E-state index contributed by atoms with van der Waals surface area (Å²) in [6.07, 6.45) is 0. The molecule has 0 saturated carbocycles. The number of H-pyrrole nitrogens is 1. The molecule has 1 N–H and O–H groups in total. The van der Waals surface area contributed by atoms with Crippen LogP contribution < -0.4 is 5.56 Å². The second kappa shape index (κ2) is 4.62. The number of aromatic amines is 1. The Kier molecular flexibility index (Phi) is 3.32. The van der Waals surface area contributed by atoms with Crippen LogP contribution in [0.2, 0.25) is 5.02 Å². The fraction of sp³-hybridized carbons (Fsp3) is 0.182. The predicted molar refractivity (Wildman–Crippen MR) is 68.4 cm³/mol. The average Bonchev–Trinajstić information content (AvgIpc) is 2.57. The quantitative estimate of drug-likeness (QED) is 0.925. The molecule has 0 aliphatic rings. The van der Waals surface area contributed by atoms with Crippen LogP contribution in [0.4, 0.5) is 0 Å². The number of benzene rings is 1. The highest BCUT2D eigenvalue weighted by molar-refractivity contribution is 7.90. The van der Waals surface area contributed by atoms with Gasteiger partial charge in [-0.2, -0.15) is 0 Å². The molecule has 2 rings (SSSR count). The van der Waals surface area contributed by atoms with Crippen molar-refractivity contribution in [3.05, 3.63) is 51.4 Å². The molecule has 0 unspecified atom stereocenters. The Labute approximate surface area is 109 Å². The molecule has 0 radical (unpaired) electrons. The lowest BCUT2D eigenvalue weighted by Crippen LogP contribution is -2.10. The van der Waals surface area contributed by atoms with Crippen molar-refractivity contribution in [3.63, 3.8) is 0 Å². The summed E-state index contributed by atoms with van der Waals surface area (Å²) in [6, 6.07) is 7.19. The first-order chi connectivity index (χ1) is 8.38. The van der Waals surface area contributed by atoms with Crippen LogP contribution in [0.15, 0.2) is 40.0 Å². The molecular weight excluding hydrogens is 276 g/mol. The molecule has 0 spiro atoms. The van der Waals surface area contributed by atoms with Crippen LogP contribution in [0.3, 0.4) is 0 Å². The van der Waals surface area contributed by atoms with E-state index in [0.717, 1.165) is 0 Å². The summed E-state index contributed by atoms with van der Waals surface area (Å²) in [4.78, 5) is 11.4. The van der Waals surface area contributed by atoms with Crippen molar-refractivity contribution in [3.8, 4) is 0 Å². The Hall–Kier alpha value is -1.53. The van der Waals surface area contributed by atoms with E-state index in [-0.39, 0.29) is 16.2 Å². The molecular formula is C11H11ClN2O3S. The maximum atomic E-state index is 12.1. The SMILES string of the molecule is Cn1[nH]c(CS(=O)(=O)c2ccc(Cl)cc2)cc1=O. The first kappa shape index (κ1) is 12.9. The largest absolute Gasteiger partial charge is 0.299 e. The second-order valence-corrected chi connectivity index (χ2v) is 6.32. The third-order valence-corrected chi connectivity index (χ3v) is 4.39. The summed E-state index contributed by atoms with van der Waals surface area (Å²) >= 11 is 5.70. The highest BCUT2D eigenvalue weighted by Crippen LogP contribution is 2.17. The molecule has 7 heteroatoms. The van der Waals surface area contributed by atoms with Crippen molar-refractivity contribution in [2.45, 2.75) is 10.6 Å². The third-order valence-electron chi connectivity index (χ3n) is 2.46. The minimum atomic E-state index is -3.48. The van der Waals surface area contributed by atoms with Gasteiger partial charge in [0.1, 0.15) is 0 Å². The van der Waals surface area contributed by atoms with Gasteiger partial charge in [0.2, 0.25) is 0 Å². The van der Waals surface area contributed by atoms with Gasteiger partial charge in [-0.3, -0.25) is 14.6 Å². The van der Waals surface area contributed by atoms with E-state index < -0.39 is 9.84 Å². The zero-order valence-corrected chi connectivity index (χ0v) is 11.1. The number of halogens is 1. The number of hydrogen-bond acceptors (Lipinski definition) is 3. The monoisotopic (exact) mass is 286 g/mol. The third kappa shape index (κ3) is 2.65. The van der Waals surface area contributed by atoms with Gasteiger partial charge in [0, 0.05) is 18.1 Å². The topological polar surface area (TPSA) is 71.9 Å². The van der Waals surface area contributed by atoms with Crippen molar-refractivity contribution in [1.82, 2.24) is 9.78 Å². The Bertz CT molecular complexity index is 713. The molecule has 1 heterocycles. The Balaban J connectivity index is 2.32. The number of rotatable bonds is 3. The number of aromatic nitrogens is 2. The molecule has 1 aromatic heterocycles. The summed E-state index contributed by atoms with van der Waals surface area (Å²) in [5.41, 5.74) is 0.0914. The molecule has 0 atom stereocenters. The Morgan fingerprint density at radius 1 is 1.28 bits per heavy atom. The second-order valence-electron chi connectivity index (χ2n) is 3.89. The Morgan fingerprint density at radius 2 is 1.89 bits per heavy atom. The molecule has 18 heavy (non-hydrogen) atoms. The lowest BCUT2D eigenvalue weighted by Gasteiger charge is -2.02. The average molecular weight is 287 g/mol. The molecule has 0 aliphatic heterocycles. The lowest BCUT2D eigenvalue weighted by atomic mass is 10.4. The first-order valence-electron chi connectivity index (χ1n) is 5.12. The number of sulfone groups is 1. The fourth-order valence-electron chi connectivity index (χ4n) is 1.55. The normalized spacial score (nSPS) is 11.7. The molecule has 0 fully saturated rings. The molecule has 2 aromatic rings.